The molecule has 7 heteroatoms. The molecular weight excluding hydrogens is 356 g/mol. The van der Waals surface area contributed by atoms with E-state index >= 15 is 0 Å². The lowest BCUT2D eigenvalue weighted by Crippen LogP contribution is -2.48. The van der Waals surface area contributed by atoms with Gasteiger partial charge in [-0.05, 0) is 43.2 Å². The van der Waals surface area contributed by atoms with E-state index < -0.39 is 10.0 Å². The van der Waals surface area contributed by atoms with Gasteiger partial charge in [0, 0.05) is 37.6 Å². The van der Waals surface area contributed by atoms with Crippen molar-refractivity contribution in [2.45, 2.75) is 17.6 Å². The Hall–Kier alpha value is -1.41. The summed E-state index contributed by atoms with van der Waals surface area (Å²) in [5.41, 5.74) is 1.24. The molecule has 1 fully saturated rings. The van der Waals surface area contributed by atoms with Gasteiger partial charge in [-0.25, -0.2) is 8.42 Å². The number of ether oxygens (including phenoxy) is 1. The Morgan fingerprint density at radius 2 is 1.88 bits per heavy atom. The fourth-order valence-electron chi connectivity index (χ4n) is 2.99. The monoisotopic (exact) mass is 380 g/mol. The van der Waals surface area contributed by atoms with Gasteiger partial charge in [-0.2, -0.15) is 4.31 Å². The minimum atomic E-state index is -3.33. The van der Waals surface area contributed by atoms with Crippen molar-refractivity contribution in [1.82, 2.24) is 9.21 Å². The quantitative estimate of drug-likeness (QED) is 0.773. The Labute approximate surface area is 153 Å². The largest absolute Gasteiger partial charge is 0.497 e. The van der Waals surface area contributed by atoms with Gasteiger partial charge in [-0.3, -0.25) is 0 Å². The first-order valence-electron chi connectivity index (χ1n) is 8.41. The summed E-state index contributed by atoms with van der Waals surface area (Å²) in [5.74, 6) is 0.875. The number of piperazine rings is 1. The Kier molecular flexibility index (Phi) is 5.78. The number of hydrogen-bond donors (Lipinski definition) is 0. The second-order valence-corrected chi connectivity index (χ2v) is 9.67. The Morgan fingerprint density at radius 1 is 1.12 bits per heavy atom. The highest BCUT2D eigenvalue weighted by molar-refractivity contribution is 7.91. The van der Waals surface area contributed by atoms with Gasteiger partial charge >= 0.3 is 0 Å². The van der Waals surface area contributed by atoms with Gasteiger partial charge in [0.05, 0.1) is 7.11 Å². The zero-order chi connectivity index (χ0) is 17.9. The summed E-state index contributed by atoms with van der Waals surface area (Å²) in [4.78, 5) is 3.35. The number of sulfonamides is 1. The van der Waals surface area contributed by atoms with Crippen molar-refractivity contribution in [3.63, 3.8) is 0 Å². The summed E-state index contributed by atoms with van der Waals surface area (Å²) < 4.78 is 32.6. The molecule has 0 aliphatic carbocycles. The summed E-state index contributed by atoms with van der Waals surface area (Å²) in [6.07, 6.45) is 0.939. The fourth-order valence-corrected chi connectivity index (χ4v) is 5.85. The second-order valence-electron chi connectivity index (χ2n) is 6.21. The number of nitrogens with zero attached hydrogens (tertiary/aromatic N) is 2. The van der Waals surface area contributed by atoms with E-state index in [1.54, 1.807) is 17.5 Å². The molecule has 0 atom stereocenters. The maximum absolute atomic E-state index is 12.7. The molecule has 0 saturated carbocycles. The molecule has 5 nitrogen and oxygen atoms in total. The third-order valence-corrected chi connectivity index (χ3v) is 7.86. The molecular formula is C18H24N2O3S2. The van der Waals surface area contributed by atoms with Crippen LogP contribution in [0.25, 0.3) is 0 Å². The van der Waals surface area contributed by atoms with Gasteiger partial charge in [0.1, 0.15) is 9.96 Å². The van der Waals surface area contributed by atoms with Crippen molar-refractivity contribution < 1.29 is 13.2 Å². The molecule has 0 radical (unpaired) electrons. The molecule has 1 aromatic heterocycles. The van der Waals surface area contributed by atoms with E-state index in [0.717, 1.165) is 36.7 Å². The van der Waals surface area contributed by atoms with Crippen LogP contribution in [0.5, 0.6) is 5.75 Å². The lowest BCUT2D eigenvalue weighted by molar-refractivity contribution is 0.190. The smallest absolute Gasteiger partial charge is 0.252 e. The Bertz CT molecular complexity index is 809. The zero-order valence-electron chi connectivity index (χ0n) is 14.6. The minimum absolute atomic E-state index is 0.454. The van der Waals surface area contributed by atoms with Gasteiger partial charge in [0.2, 0.25) is 0 Å². The second kappa shape index (κ2) is 7.86. The number of hydrogen-bond acceptors (Lipinski definition) is 5. The average Bonchev–Trinajstić information content (AvgIpc) is 3.08. The summed E-state index contributed by atoms with van der Waals surface area (Å²) in [5, 5.41) is 0. The summed E-state index contributed by atoms with van der Waals surface area (Å²) in [6, 6.07) is 11.7. The van der Waals surface area contributed by atoms with Gasteiger partial charge in [-0.1, -0.05) is 12.1 Å². The van der Waals surface area contributed by atoms with E-state index in [-0.39, 0.29) is 0 Å². The van der Waals surface area contributed by atoms with E-state index in [1.807, 2.05) is 25.1 Å². The van der Waals surface area contributed by atoms with Crippen molar-refractivity contribution in [3.8, 4) is 5.75 Å². The lowest BCUT2D eigenvalue weighted by Gasteiger charge is -2.33. The third kappa shape index (κ3) is 4.41. The number of rotatable bonds is 6. The molecule has 0 amide bonds. The van der Waals surface area contributed by atoms with E-state index in [2.05, 4.69) is 17.0 Å². The minimum Gasteiger partial charge on any atom is -0.497 e. The van der Waals surface area contributed by atoms with E-state index in [9.17, 15) is 8.42 Å². The van der Waals surface area contributed by atoms with Crippen LogP contribution in [0.1, 0.15) is 10.4 Å². The lowest BCUT2D eigenvalue weighted by atomic mass is 10.1. The van der Waals surface area contributed by atoms with Gasteiger partial charge in [0.15, 0.2) is 0 Å². The average molecular weight is 381 g/mol. The van der Waals surface area contributed by atoms with Crippen molar-refractivity contribution in [2.75, 3.05) is 39.8 Å². The van der Waals surface area contributed by atoms with Gasteiger partial charge < -0.3 is 9.64 Å². The number of methoxy groups -OCH3 is 1. The van der Waals surface area contributed by atoms with Crippen LogP contribution in [0, 0.1) is 6.92 Å². The predicted molar refractivity (Wildman–Crippen MR) is 101 cm³/mol. The van der Waals surface area contributed by atoms with Crippen molar-refractivity contribution >= 4 is 21.4 Å². The highest BCUT2D eigenvalue weighted by Gasteiger charge is 2.29. The van der Waals surface area contributed by atoms with Crippen molar-refractivity contribution in [1.29, 1.82) is 0 Å². The Morgan fingerprint density at radius 3 is 2.52 bits per heavy atom. The topological polar surface area (TPSA) is 49.9 Å². The maximum Gasteiger partial charge on any atom is 0.252 e. The van der Waals surface area contributed by atoms with Crippen molar-refractivity contribution in [3.05, 3.63) is 46.8 Å². The third-order valence-electron chi connectivity index (χ3n) is 4.49. The van der Waals surface area contributed by atoms with Crippen molar-refractivity contribution in [2.24, 2.45) is 0 Å². The molecule has 1 aliphatic heterocycles. The SMILES string of the molecule is COc1cccc(CCN2CCN(S(=O)(=O)c3ccc(C)s3)CC2)c1. The molecule has 1 aliphatic rings. The van der Waals surface area contributed by atoms with Crippen LogP contribution in [0.3, 0.4) is 0 Å². The predicted octanol–water partition coefficient (Wildman–Crippen LogP) is 2.61. The van der Waals surface area contributed by atoms with Crippen LogP contribution in [-0.2, 0) is 16.4 Å². The number of benzene rings is 1. The molecule has 0 bridgehead atoms. The molecule has 0 N–H and O–H groups in total. The van der Waals surface area contributed by atoms with Crippen LogP contribution < -0.4 is 4.74 Å². The van der Waals surface area contributed by atoms with Gasteiger partial charge in [0.25, 0.3) is 10.0 Å². The Balaban J connectivity index is 1.53. The molecule has 136 valence electrons. The first-order valence-corrected chi connectivity index (χ1v) is 10.7. The standard InChI is InChI=1S/C18H24N2O3S2/c1-15-6-7-18(24-15)25(21,22)20-12-10-19(11-13-20)9-8-16-4-3-5-17(14-16)23-2/h3-7,14H,8-13H2,1-2H3. The van der Waals surface area contributed by atoms with E-state index in [1.165, 1.54) is 16.9 Å². The molecule has 3 rings (SSSR count). The maximum atomic E-state index is 12.7. The fraction of sp³-hybridized carbons (Fsp3) is 0.444. The first kappa shape index (κ1) is 18.4. The summed E-state index contributed by atoms with van der Waals surface area (Å²) in [7, 11) is -1.66. The summed E-state index contributed by atoms with van der Waals surface area (Å²) >= 11 is 1.35. The molecule has 2 aromatic rings. The van der Waals surface area contributed by atoms with Crippen LogP contribution in [0.2, 0.25) is 0 Å². The van der Waals surface area contributed by atoms with Crippen LogP contribution >= 0.6 is 11.3 Å². The number of thiophene rings is 1. The van der Waals surface area contributed by atoms with Crippen LogP contribution in [0.4, 0.5) is 0 Å². The first-order chi connectivity index (χ1) is 12.0. The molecule has 2 heterocycles. The van der Waals surface area contributed by atoms with Gasteiger partial charge in [-0.15, -0.1) is 11.3 Å². The van der Waals surface area contributed by atoms with E-state index in [0.29, 0.717) is 17.3 Å². The molecule has 1 saturated heterocycles. The molecule has 25 heavy (non-hydrogen) atoms. The molecule has 1 aromatic carbocycles. The van der Waals surface area contributed by atoms with E-state index in [4.69, 9.17) is 4.74 Å². The normalized spacial score (nSPS) is 16.9. The highest BCUT2D eigenvalue weighted by Crippen LogP contribution is 2.25. The highest BCUT2D eigenvalue weighted by atomic mass is 32.2. The molecule has 0 spiro atoms. The summed E-state index contributed by atoms with van der Waals surface area (Å²) in [6.45, 7) is 5.51. The molecule has 0 unspecified atom stereocenters. The van der Waals surface area contributed by atoms with Crippen LogP contribution in [-0.4, -0.2) is 57.5 Å². The number of aryl methyl sites for hydroxylation is 1. The zero-order valence-corrected chi connectivity index (χ0v) is 16.3. The van der Waals surface area contributed by atoms with Crippen LogP contribution in [0.15, 0.2) is 40.6 Å².